The first-order valence-electron chi connectivity index (χ1n) is 8.76. The van der Waals surface area contributed by atoms with Gasteiger partial charge in [0.25, 0.3) is 5.91 Å². The third kappa shape index (κ3) is 3.59. The average Bonchev–Trinajstić information content (AvgIpc) is 3.22. The van der Waals surface area contributed by atoms with Gasteiger partial charge >= 0.3 is 0 Å². The first kappa shape index (κ1) is 16.3. The summed E-state index contributed by atoms with van der Waals surface area (Å²) in [5, 5.41) is 14.1. The Kier molecular flexibility index (Phi) is 4.30. The van der Waals surface area contributed by atoms with Crippen LogP contribution < -0.4 is 0 Å². The predicted octanol–water partition coefficient (Wildman–Crippen LogP) is 0.833. The lowest BCUT2D eigenvalue weighted by Crippen LogP contribution is -2.38. The van der Waals surface area contributed by atoms with Crippen molar-refractivity contribution in [1.82, 2.24) is 24.5 Å². The molecule has 4 rings (SSSR count). The normalized spacial score (nSPS) is 22.2. The molecule has 8 nitrogen and oxygen atoms in total. The molecule has 0 bridgehead atoms. The predicted molar refractivity (Wildman–Crippen MR) is 88.9 cm³/mol. The number of hydrogen-bond donors (Lipinski definition) is 1. The minimum atomic E-state index is -0.597. The van der Waals surface area contributed by atoms with Crippen LogP contribution in [0.1, 0.15) is 41.1 Å². The highest BCUT2D eigenvalue weighted by Crippen LogP contribution is 2.36. The van der Waals surface area contributed by atoms with Crippen LogP contribution in [0.3, 0.4) is 0 Å². The van der Waals surface area contributed by atoms with E-state index in [1.54, 1.807) is 11.8 Å². The molecule has 2 aliphatic rings. The molecular formula is C17H23N5O3. The zero-order valence-electron chi connectivity index (χ0n) is 14.3. The van der Waals surface area contributed by atoms with Gasteiger partial charge in [-0.05, 0) is 31.9 Å². The minimum absolute atomic E-state index is 0.00793. The summed E-state index contributed by atoms with van der Waals surface area (Å²) in [6.45, 7) is 4.31. The summed E-state index contributed by atoms with van der Waals surface area (Å²) in [5.74, 6) is 1.13. The Balaban J connectivity index is 1.43. The van der Waals surface area contributed by atoms with Gasteiger partial charge < -0.3 is 19.1 Å². The summed E-state index contributed by atoms with van der Waals surface area (Å²) >= 11 is 0. The van der Waals surface area contributed by atoms with Crippen LogP contribution in [-0.4, -0.2) is 67.8 Å². The maximum absolute atomic E-state index is 12.9. The number of β-amino-alcohol motifs (C(OH)–C–C–N with tert-alkyl or cyclic N) is 1. The van der Waals surface area contributed by atoms with Gasteiger partial charge in [-0.1, -0.05) is 5.16 Å². The van der Waals surface area contributed by atoms with Crippen LogP contribution in [0, 0.1) is 6.92 Å². The number of aliphatic hydroxyl groups is 1. The Morgan fingerprint density at radius 2 is 2.20 bits per heavy atom. The molecule has 0 unspecified atom stereocenters. The van der Waals surface area contributed by atoms with Crippen LogP contribution in [0.4, 0.5) is 0 Å². The van der Waals surface area contributed by atoms with E-state index in [2.05, 4.69) is 14.7 Å². The highest BCUT2D eigenvalue weighted by atomic mass is 16.5. The molecular weight excluding hydrogens is 322 g/mol. The van der Waals surface area contributed by atoms with Gasteiger partial charge in [0.05, 0.1) is 12.6 Å². The Hall–Kier alpha value is -2.19. The topological polar surface area (TPSA) is 87.6 Å². The van der Waals surface area contributed by atoms with Gasteiger partial charge in [-0.25, -0.2) is 0 Å². The van der Waals surface area contributed by atoms with Crippen molar-refractivity contribution in [1.29, 1.82) is 0 Å². The number of carbonyl (C=O) groups excluding carboxylic acids is 1. The molecule has 2 aromatic heterocycles. The number of rotatable bonds is 4. The van der Waals surface area contributed by atoms with Gasteiger partial charge in [-0.3, -0.25) is 9.69 Å². The number of aryl methyl sites for hydroxylation is 1. The van der Waals surface area contributed by atoms with Gasteiger partial charge in [-0.2, -0.15) is 4.98 Å². The molecule has 3 heterocycles. The third-order valence-electron chi connectivity index (χ3n) is 4.74. The van der Waals surface area contributed by atoms with E-state index in [0.717, 1.165) is 18.5 Å². The van der Waals surface area contributed by atoms with Gasteiger partial charge in [0.1, 0.15) is 5.69 Å². The molecule has 134 valence electrons. The van der Waals surface area contributed by atoms with Gasteiger partial charge in [0.15, 0.2) is 5.82 Å². The summed E-state index contributed by atoms with van der Waals surface area (Å²) in [7, 11) is 0. The van der Waals surface area contributed by atoms with Crippen LogP contribution in [0.15, 0.2) is 22.9 Å². The quantitative estimate of drug-likeness (QED) is 0.883. The van der Waals surface area contributed by atoms with E-state index < -0.39 is 6.10 Å². The van der Waals surface area contributed by atoms with E-state index in [1.165, 1.54) is 0 Å². The molecule has 0 aromatic carbocycles. The lowest BCUT2D eigenvalue weighted by molar-refractivity contribution is 0.0651. The van der Waals surface area contributed by atoms with Crippen molar-refractivity contribution in [3.63, 3.8) is 0 Å². The second-order valence-corrected chi connectivity index (χ2v) is 6.91. The van der Waals surface area contributed by atoms with Crippen molar-refractivity contribution in [2.75, 3.05) is 26.2 Å². The first-order chi connectivity index (χ1) is 12.1. The molecule has 0 spiro atoms. The van der Waals surface area contributed by atoms with Crippen molar-refractivity contribution < 1.29 is 14.4 Å². The van der Waals surface area contributed by atoms with E-state index in [-0.39, 0.29) is 5.91 Å². The summed E-state index contributed by atoms with van der Waals surface area (Å²) in [4.78, 5) is 20.9. The number of carbonyl (C=O) groups is 1. The van der Waals surface area contributed by atoms with E-state index in [9.17, 15) is 9.90 Å². The second kappa shape index (κ2) is 6.61. The lowest BCUT2D eigenvalue weighted by Gasteiger charge is -2.22. The Morgan fingerprint density at radius 3 is 2.92 bits per heavy atom. The maximum Gasteiger partial charge on any atom is 0.270 e. The molecule has 0 radical (unpaired) electrons. The minimum Gasteiger partial charge on any atom is -0.390 e. The van der Waals surface area contributed by atoms with E-state index in [0.29, 0.717) is 50.5 Å². The van der Waals surface area contributed by atoms with Crippen molar-refractivity contribution in [2.24, 2.45) is 0 Å². The molecule has 2 fully saturated rings. The van der Waals surface area contributed by atoms with Crippen LogP contribution >= 0.6 is 0 Å². The van der Waals surface area contributed by atoms with Crippen LogP contribution in [-0.2, 0) is 6.54 Å². The zero-order valence-corrected chi connectivity index (χ0v) is 14.3. The molecule has 8 heteroatoms. The number of aliphatic hydroxyl groups excluding tert-OH is 1. The molecule has 1 N–H and O–H groups in total. The summed E-state index contributed by atoms with van der Waals surface area (Å²) in [6, 6.07) is 4.25. The zero-order chi connectivity index (χ0) is 17.4. The summed E-state index contributed by atoms with van der Waals surface area (Å²) in [5.41, 5.74) is 0.718. The Bertz CT molecular complexity index is 751. The largest absolute Gasteiger partial charge is 0.390 e. The van der Waals surface area contributed by atoms with Crippen molar-refractivity contribution in [3.8, 4) is 0 Å². The molecule has 25 heavy (non-hydrogen) atoms. The van der Waals surface area contributed by atoms with Crippen molar-refractivity contribution >= 4 is 5.91 Å². The van der Waals surface area contributed by atoms with Crippen LogP contribution in [0.5, 0.6) is 0 Å². The SMILES string of the molecule is Cc1noc(CN2CCN(C(=O)c3cccn3C3CC3)C[C@@H](O)C2)n1. The second-order valence-electron chi connectivity index (χ2n) is 6.91. The average molecular weight is 345 g/mol. The van der Waals surface area contributed by atoms with Gasteiger partial charge in [-0.15, -0.1) is 0 Å². The highest BCUT2D eigenvalue weighted by Gasteiger charge is 2.31. The summed E-state index contributed by atoms with van der Waals surface area (Å²) < 4.78 is 7.23. The molecule has 1 aliphatic carbocycles. The van der Waals surface area contributed by atoms with E-state index >= 15 is 0 Å². The number of hydrogen-bond acceptors (Lipinski definition) is 6. The number of aromatic nitrogens is 3. The first-order valence-corrected chi connectivity index (χ1v) is 8.76. The van der Waals surface area contributed by atoms with Gasteiger partial charge in [0.2, 0.25) is 5.89 Å². The molecule has 1 amide bonds. The standard InChI is InChI=1S/C17H23N5O3/c1-12-18-16(25-19-12)11-20-7-8-21(10-14(23)9-20)17(24)15-3-2-6-22(15)13-4-5-13/h2-3,6,13-14,23H,4-5,7-11H2,1H3/t14-/m0/s1. The number of nitrogens with zero attached hydrogens (tertiary/aromatic N) is 5. The van der Waals surface area contributed by atoms with Crippen LogP contribution in [0.25, 0.3) is 0 Å². The monoisotopic (exact) mass is 345 g/mol. The maximum atomic E-state index is 12.9. The fourth-order valence-corrected chi connectivity index (χ4v) is 3.39. The molecule has 1 saturated heterocycles. The fourth-order valence-electron chi connectivity index (χ4n) is 3.39. The summed E-state index contributed by atoms with van der Waals surface area (Å²) in [6.07, 6.45) is 3.65. The molecule has 1 atom stereocenters. The molecule has 1 aliphatic heterocycles. The smallest absolute Gasteiger partial charge is 0.270 e. The molecule has 1 saturated carbocycles. The lowest BCUT2D eigenvalue weighted by atomic mass is 10.3. The Labute approximate surface area is 146 Å². The fraction of sp³-hybridized carbons (Fsp3) is 0.588. The number of amides is 1. The molecule has 2 aromatic rings. The third-order valence-corrected chi connectivity index (χ3v) is 4.74. The van der Waals surface area contributed by atoms with E-state index in [4.69, 9.17) is 4.52 Å². The van der Waals surface area contributed by atoms with Crippen molar-refractivity contribution in [2.45, 2.75) is 38.5 Å². The highest BCUT2D eigenvalue weighted by molar-refractivity contribution is 5.93. The Morgan fingerprint density at radius 1 is 1.36 bits per heavy atom. The van der Waals surface area contributed by atoms with E-state index in [1.807, 2.05) is 23.2 Å². The van der Waals surface area contributed by atoms with Crippen LogP contribution in [0.2, 0.25) is 0 Å². The van der Waals surface area contributed by atoms with Gasteiger partial charge in [0, 0.05) is 38.4 Å². The van der Waals surface area contributed by atoms with Crippen molar-refractivity contribution in [3.05, 3.63) is 35.7 Å².